The summed E-state index contributed by atoms with van der Waals surface area (Å²) < 4.78 is 6.50. The third-order valence-electron chi connectivity index (χ3n) is 3.22. The van der Waals surface area contributed by atoms with Gasteiger partial charge in [0, 0.05) is 26.1 Å². The Morgan fingerprint density at radius 3 is 2.94 bits per heavy atom. The molecule has 1 aliphatic rings. The lowest BCUT2D eigenvalue weighted by Gasteiger charge is -2.03. The number of aromatic nitrogens is 2. The minimum atomic E-state index is -0.145. The smallest absolute Gasteiger partial charge is 0.251 e. The van der Waals surface area contributed by atoms with Crippen molar-refractivity contribution in [3.8, 4) is 0 Å². The van der Waals surface area contributed by atoms with Gasteiger partial charge in [-0.25, -0.2) is 0 Å². The Bertz CT molecular complexity index is 394. The second-order valence-corrected chi connectivity index (χ2v) is 4.54. The molecule has 0 saturated heterocycles. The van der Waals surface area contributed by atoms with Crippen LogP contribution in [0.5, 0.6) is 0 Å². The summed E-state index contributed by atoms with van der Waals surface area (Å²) in [6.45, 7) is 0.0734. The van der Waals surface area contributed by atoms with E-state index in [0.29, 0.717) is 5.92 Å². The maximum atomic E-state index is 11.4. The average molecular weight is 237 g/mol. The van der Waals surface area contributed by atoms with Gasteiger partial charge in [0.15, 0.2) is 0 Å². The van der Waals surface area contributed by atoms with Crippen molar-refractivity contribution in [3.05, 3.63) is 11.8 Å². The summed E-state index contributed by atoms with van der Waals surface area (Å²) in [6.07, 6.45) is 4.99. The van der Waals surface area contributed by atoms with Crippen molar-refractivity contribution in [1.29, 1.82) is 0 Å². The molecule has 0 unspecified atom stereocenters. The molecule has 1 aliphatic carbocycles. The normalized spacial score (nSPS) is 16.4. The number of carbonyl (C=O) groups excluding carboxylic acids is 1. The Labute approximate surface area is 101 Å². The first-order chi connectivity index (χ1) is 8.20. The van der Waals surface area contributed by atoms with Crippen LogP contribution in [0.2, 0.25) is 0 Å². The maximum absolute atomic E-state index is 11.4. The standard InChI is InChI=1S/C12H19N3O2/c1-15-11(13-12(16)8-17-2)7-10(14-15)9-5-3-4-6-9/h7,9H,3-6,8H2,1-2H3,(H,13,16). The lowest BCUT2D eigenvalue weighted by Crippen LogP contribution is -2.18. The van der Waals surface area contributed by atoms with E-state index < -0.39 is 0 Å². The van der Waals surface area contributed by atoms with Crippen LogP contribution in [0.4, 0.5) is 5.82 Å². The van der Waals surface area contributed by atoms with Crippen molar-refractivity contribution in [1.82, 2.24) is 9.78 Å². The van der Waals surface area contributed by atoms with Gasteiger partial charge < -0.3 is 10.1 Å². The topological polar surface area (TPSA) is 56.1 Å². The van der Waals surface area contributed by atoms with E-state index in [1.54, 1.807) is 4.68 Å². The molecule has 0 atom stereocenters. The van der Waals surface area contributed by atoms with Crippen LogP contribution < -0.4 is 5.32 Å². The Morgan fingerprint density at radius 2 is 2.29 bits per heavy atom. The van der Waals surface area contributed by atoms with E-state index in [-0.39, 0.29) is 12.5 Å². The van der Waals surface area contributed by atoms with E-state index in [2.05, 4.69) is 10.4 Å². The molecule has 1 N–H and O–H groups in total. The number of anilines is 1. The molecule has 2 rings (SSSR count). The number of ether oxygens (including phenoxy) is 1. The van der Waals surface area contributed by atoms with Gasteiger partial charge in [-0.2, -0.15) is 5.10 Å². The van der Waals surface area contributed by atoms with E-state index in [4.69, 9.17) is 4.74 Å². The highest BCUT2D eigenvalue weighted by Crippen LogP contribution is 2.34. The Morgan fingerprint density at radius 1 is 1.59 bits per heavy atom. The molecule has 0 aromatic carbocycles. The summed E-state index contributed by atoms with van der Waals surface area (Å²) in [6, 6.07) is 1.98. The fourth-order valence-electron chi connectivity index (χ4n) is 2.34. The van der Waals surface area contributed by atoms with Crippen LogP contribution in [0.3, 0.4) is 0 Å². The monoisotopic (exact) mass is 237 g/mol. The highest BCUT2D eigenvalue weighted by molar-refractivity contribution is 5.90. The SMILES string of the molecule is COCC(=O)Nc1cc(C2CCCC2)nn1C. The van der Waals surface area contributed by atoms with Crippen molar-refractivity contribution in [2.45, 2.75) is 31.6 Å². The van der Waals surface area contributed by atoms with Gasteiger partial charge >= 0.3 is 0 Å². The first kappa shape index (κ1) is 12.1. The minimum Gasteiger partial charge on any atom is -0.375 e. The molecule has 5 nitrogen and oxygen atoms in total. The van der Waals surface area contributed by atoms with Gasteiger partial charge in [-0.15, -0.1) is 0 Å². The van der Waals surface area contributed by atoms with Crippen LogP contribution in [-0.2, 0) is 16.6 Å². The van der Waals surface area contributed by atoms with Gasteiger partial charge in [0.05, 0.1) is 5.69 Å². The summed E-state index contributed by atoms with van der Waals surface area (Å²) >= 11 is 0. The number of nitrogens with one attached hydrogen (secondary N) is 1. The fourth-order valence-corrected chi connectivity index (χ4v) is 2.34. The first-order valence-electron chi connectivity index (χ1n) is 6.03. The molecule has 0 bridgehead atoms. The van der Waals surface area contributed by atoms with E-state index in [1.165, 1.54) is 32.8 Å². The molecule has 1 fully saturated rings. The quantitative estimate of drug-likeness (QED) is 0.866. The zero-order valence-corrected chi connectivity index (χ0v) is 10.4. The third-order valence-corrected chi connectivity index (χ3v) is 3.22. The van der Waals surface area contributed by atoms with Crippen molar-refractivity contribution in [2.75, 3.05) is 19.0 Å². The zero-order chi connectivity index (χ0) is 12.3. The average Bonchev–Trinajstić information content (AvgIpc) is 2.89. The molecule has 0 radical (unpaired) electrons. The summed E-state index contributed by atoms with van der Waals surface area (Å²) in [7, 11) is 3.35. The first-order valence-corrected chi connectivity index (χ1v) is 6.03. The van der Waals surface area contributed by atoms with Crippen LogP contribution in [-0.4, -0.2) is 29.4 Å². The number of nitrogens with zero attached hydrogens (tertiary/aromatic N) is 2. The second kappa shape index (κ2) is 5.31. The van der Waals surface area contributed by atoms with Crippen molar-refractivity contribution >= 4 is 11.7 Å². The Kier molecular flexibility index (Phi) is 3.78. The number of aryl methyl sites for hydroxylation is 1. The lowest BCUT2D eigenvalue weighted by molar-refractivity contribution is -0.119. The van der Waals surface area contributed by atoms with Gasteiger partial charge in [0.2, 0.25) is 0 Å². The predicted molar refractivity (Wildman–Crippen MR) is 64.9 cm³/mol. The third kappa shape index (κ3) is 2.85. The number of hydrogen-bond acceptors (Lipinski definition) is 3. The molecule has 1 aromatic rings. The highest BCUT2D eigenvalue weighted by Gasteiger charge is 2.21. The zero-order valence-electron chi connectivity index (χ0n) is 10.4. The van der Waals surface area contributed by atoms with Gasteiger partial charge in [-0.3, -0.25) is 9.48 Å². The van der Waals surface area contributed by atoms with Crippen LogP contribution in [0.15, 0.2) is 6.07 Å². The molecular weight excluding hydrogens is 218 g/mol. The number of methoxy groups -OCH3 is 1. The van der Waals surface area contributed by atoms with E-state index in [9.17, 15) is 4.79 Å². The number of carbonyl (C=O) groups is 1. The highest BCUT2D eigenvalue weighted by atomic mass is 16.5. The van der Waals surface area contributed by atoms with Crippen molar-refractivity contribution < 1.29 is 9.53 Å². The molecular formula is C12H19N3O2. The molecule has 17 heavy (non-hydrogen) atoms. The van der Waals surface area contributed by atoms with Crippen LogP contribution in [0.25, 0.3) is 0 Å². The predicted octanol–water partition coefficient (Wildman–Crippen LogP) is 1.66. The van der Waals surface area contributed by atoms with Crippen LogP contribution in [0, 0.1) is 0 Å². The largest absolute Gasteiger partial charge is 0.375 e. The molecule has 5 heteroatoms. The molecule has 0 aliphatic heterocycles. The fraction of sp³-hybridized carbons (Fsp3) is 0.667. The molecule has 94 valence electrons. The number of amides is 1. The summed E-state index contributed by atoms with van der Waals surface area (Å²) in [4.78, 5) is 11.4. The van der Waals surface area contributed by atoms with Gasteiger partial charge in [-0.1, -0.05) is 12.8 Å². The summed E-state index contributed by atoms with van der Waals surface area (Å²) in [5.74, 6) is 1.16. The maximum Gasteiger partial charge on any atom is 0.251 e. The number of rotatable bonds is 4. The number of hydrogen-bond donors (Lipinski definition) is 1. The van der Waals surface area contributed by atoms with Crippen LogP contribution >= 0.6 is 0 Å². The van der Waals surface area contributed by atoms with E-state index >= 15 is 0 Å². The van der Waals surface area contributed by atoms with Gasteiger partial charge in [0.1, 0.15) is 12.4 Å². The lowest BCUT2D eigenvalue weighted by atomic mass is 10.0. The molecule has 0 spiro atoms. The summed E-state index contributed by atoms with van der Waals surface area (Å²) in [5.41, 5.74) is 1.10. The Balaban J connectivity index is 2.05. The molecule has 1 aromatic heterocycles. The van der Waals surface area contributed by atoms with E-state index in [0.717, 1.165) is 11.5 Å². The van der Waals surface area contributed by atoms with Crippen molar-refractivity contribution in [2.24, 2.45) is 7.05 Å². The van der Waals surface area contributed by atoms with Gasteiger partial charge in [0.25, 0.3) is 5.91 Å². The second-order valence-electron chi connectivity index (χ2n) is 4.54. The molecule has 1 amide bonds. The minimum absolute atomic E-state index is 0.0734. The van der Waals surface area contributed by atoms with Crippen molar-refractivity contribution in [3.63, 3.8) is 0 Å². The van der Waals surface area contributed by atoms with Crippen LogP contribution in [0.1, 0.15) is 37.3 Å². The van der Waals surface area contributed by atoms with E-state index in [1.807, 2.05) is 13.1 Å². The molecule has 1 saturated carbocycles. The molecule has 1 heterocycles. The van der Waals surface area contributed by atoms with Gasteiger partial charge in [-0.05, 0) is 12.8 Å². The summed E-state index contributed by atoms with van der Waals surface area (Å²) in [5, 5.41) is 7.26. The Hall–Kier alpha value is -1.36.